The zero-order chi connectivity index (χ0) is 14.2. The highest BCUT2D eigenvalue weighted by Gasteiger charge is 2.41. The Balaban J connectivity index is 1.91. The number of rotatable bonds is 2. The van der Waals surface area contributed by atoms with Gasteiger partial charge in [-0.1, -0.05) is 12.8 Å². The van der Waals surface area contributed by atoms with Crippen molar-refractivity contribution in [2.75, 3.05) is 18.6 Å². The van der Waals surface area contributed by atoms with Gasteiger partial charge in [-0.25, -0.2) is 0 Å². The number of nitrogens with two attached hydrogens (primary N) is 1. The number of hydrogen-bond donors (Lipinski definition) is 1. The number of hydrogen-bond acceptors (Lipinski definition) is 3. The van der Waals surface area contributed by atoms with Crippen molar-refractivity contribution in [1.82, 2.24) is 0 Å². The van der Waals surface area contributed by atoms with E-state index in [4.69, 9.17) is 10.5 Å². The van der Waals surface area contributed by atoms with Crippen LogP contribution in [0.4, 0.5) is 5.69 Å². The maximum Gasteiger partial charge on any atom is 0.247 e. The third-order valence-corrected chi connectivity index (χ3v) is 4.57. The molecule has 4 nitrogen and oxygen atoms in total. The number of ether oxygens (including phenoxy) is 1. The van der Waals surface area contributed by atoms with Crippen LogP contribution in [0.3, 0.4) is 0 Å². The van der Waals surface area contributed by atoms with Gasteiger partial charge in [0.05, 0.1) is 12.6 Å². The molecule has 0 unspecified atom stereocenters. The van der Waals surface area contributed by atoms with Crippen molar-refractivity contribution in [3.8, 4) is 5.75 Å². The van der Waals surface area contributed by atoms with Gasteiger partial charge in [0.1, 0.15) is 5.75 Å². The second-order valence-electron chi connectivity index (χ2n) is 5.92. The average molecular weight is 274 g/mol. The van der Waals surface area contributed by atoms with Crippen LogP contribution in [0.2, 0.25) is 0 Å². The molecule has 4 heteroatoms. The predicted molar refractivity (Wildman–Crippen MR) is 79.1 cm³/mol. The molecule has 1 aromatic rings. The highest BCUT2D eigenvalue weighted by Crippen LogP contribution is 2.35. The maximum atomic E-state index is 12.8. The standard InChI is InChI=1S/C16H22N2O2/c1-20-13-6-7-14-12(11-13)5-4-10-18(14)15(19)16(17)8-2-3-9-16/h6-7,11H,2-5,8-10,17H2,1H3. The Morgan fingerprint density at radius 3 is 2.75 bits per heavy atom. The lowest BCUT2D eigenvalue weighted by atomic mass is 9.94. The van der Waals surface area contributed by atoms with Crippen molar-refractivity contribution in [3.05, 3.63) is 23.8 Å². The smallest absolute Gasteiger partial charge is 0.247 e. The molecule has 1 fully saturated rings. The summed E-state index contributed by atoms with van der Waals surface area (Å²) in [6.07, 6.45) is 5.73. The van der Waals surface area contributed by atoms with Crippen LogP contribution in [-0.2, 0) is 11.2 Å². The minimum atomic E-state index is -0.644. The van der Waals surface area contributed by atoms with Crippen molar-refractivity contribution in [3.63, 3.8) is 0 Å². The lowest BCUT2D eigenvalue weighted by molar-refractivity contribution is -0.123. The molecule has 0 bridgehead atoms. The zero-order valence-electron chi connectivity index (χ0n) is 12.0. The molecule has 2 N–H and O–H groups in total. The van der Waals surface area contributed by atoms with Crippen LogP contribution in [0.5, 0.6) is 5.75 Å². The Labute approximate surface area is 119 Å². The molecule has 0 spiro atoms. The number of carbonyl (C=O) groups excluding carboxylic acids is 1. The second kappa shape index (κ2) is 5.09. The van der Waals surface area contributed by atoms with Gasteiger partial charge in [-0.05, 0) is 49.4 Å². The van der Waals surface area contributed by atoms with Crippen LogP contribution in [0, 0.1) is 0 Å². The lowest BCUT2D eigenvalue weighted by Gasteiger charge is -2.35. The van der Waals surface area contributed by atoms with Crippen LogP contribution >= 0.6 is 0 Å². The molecule has 1 aliphatic heterocycles. The maximum absolute atomic E-state index is 12.8. The first-order valence-corrected chi connectivity index (χ1v) is 7.42. The molecular weight excluding hydrogens is 252 g/mol. The monoisotopic (exact) mass is 274 g/mol. The van der Waals surface area contributed by atoms with Crippen molar-refractivity contribution in [2.24, 2.45) is 5.73 Å². The van der Waals surface area contributed by atoms with E-state index in [0.29, 0.717) is 0 Å². The van der Waals surface area contributed by atoms with E-state index in [-0.39, 0.29) is 5.91 Å². The van der Waals surface area contributed by atoms with E-state index in [9.17, 15) is 4.79 Å². The van der Waals surface area contributed by atoms with Crippen LogP contribution < -0.4 is 15.4 Å². The van der Waals surface area contributed by atoms with Gasteiger partial charge < -0.3 is 15.4 Å². The van der Waals surface area contributed by atoms with E-state index in [0.717, 1.165) is 56.5 Å². The third-order valence-electron chi connectivity index (χ3n) is 4.57. The number of amides is 1. The van der Waals surface area contributed by atoms with E-state index in [2.05, 4.69) is 0 Å². The number of methoxy groups -OCH3 is 1. The van der Waals surface area contributed by atoms with Crippen LogP contribution in [0.25, 0.3) is 0 Å². The van der Waals surface area contributed by atoms with E-state index >= 15 is 0 Å². The molecule has 1 amide bonds. The molecule has 108 valence electrons. The van der Waals surface area contributed by atoms with Gasteiger partial charge in [0.2, 0.25) is 5.91 Å². The molecule has 0 saturated heterocycles. The van der Waals surface area contributed by atoms with Crippen LogP contribution in [0.1, 0.15) is 37.7 Å². The van der Waals surface area contributed by atoms with Crippen LogP contribution in [0.15, 0.2) is 18.2 Å². The van der Waals surface area contributed by atoms with E-state index < -0.39 is 5.54 Å². The quantitative estimate of drug-likeness (QED) is 0.900. The fourth-order valence-electron chi connectivity index (χ4n) is 3.40. The van der Waals surface area contributed by atoms with Crippen molar-refractivity contribution < 1.29 is 9.53 Å². The summed E-state index contributed by atoms with van der Waals surface area (Å²) < 4.78 is 5.27. The summed E-state index contributed by atoms with van der Waals surface area (Å²) >= 11 is 0. The average Bonchev–Trinajstić information content (AvgIpc) is 2.93. The number of benzene rings is 1. The highest BCUT2D eigenvalue weighted by molar-refractivity contribution is 6.01. The summed E-state index contributed by atoms with van der Waals surface area (Å²) in [5.41, 5.74) is 7.88. The van der Waals surface area contributed by atoms with Gasteiger partial charge >= 0.3 is 0 Å². The lowest BCUT2D eigenvalue weighted by Crippen LogP contribution is -2.54. The molecule has 0 atom stereocenters. The Morgan fingerprint density at radius 1 is 1.30 bits per heavy atom. The fraction of sp³-hybridized carbons (Fsp3) is 0.562. The summed E-state index contributed by atoms with van der Waals surface area (Å²) in [6.45, 7) is 0.775. The van der Waals surface area contributed by atoms with Crippen LogP contribution in [-0.4, -0.2) is 25.1 Å². The first kappa shape index (κ1) is 13.4. The number of anilines is 1. The predicted octanol–water partition coefficient (Wildman–Crippen LogP) is 2.25. The normalized spacial score (nSPS) is 20.6. The number of fused-ring (bicyclic) bond motifs is 1. The van der Waals surface area contributed by atoms with E-state index in [1.165, 1.54) is 5.56 Å². The molecule has 1 aromatic carbocycles. The Hall–Kier alpha value is -1.55. The number of nitrogens with zero attached hydrogens (tertiary/aromatic N) is 1. The summed E-state index contributed by atoms with van der Waals surface area (Å²) in [6, 6.07) is 5.94. The van der Waals surface area contributed by atoms with Gasteiger partial charge in [-0.15, -0.1) is 0 Å². The van der Waals surface area contributed by atoms with Crippen molar-refractivity contribution in [1.29, 1.82) is 0 Å². The first-order valence-electron chi connectivity index (χ1n) is 7.42. The number of carbonyl (C=O) groups is 1. The molecule has 0 radical (unpaired) electrons. The van der Waals surface area contributed by atoms with Crippen molar-refractivity contribution in [2.45, 2.75) is 44.1 Å². The van der Waals surface area contributed by atoms with Gasteiger partial charge in [-0.2, -0.15) is 0 Å². The minimum absolute atomic E-state index is 0.0983. The number of aryl methyl sites for hydroxylation is 1. The summed E-state index contributed by atoms with van der Waals surface area (Å²) in [5.74, 6) is 0.947. The topological polar surface area (TPSA) is 55.6 Å². The Morgan fingerprint density at radius 2 is 2.05 bits per heavy atom. The highest BCUT2D eigenvalue weighted by atomic mass is 16.5. The molecule has 1 saturated carbocycles. The van der Waals surface area contributed by atoms with Gasteiger partial charge in [0.15, 0.2) is 0 Å². The molecule has 3 rings (SSSR count). The molecule has 1 aliphatic carbocycles. The van der Waals surface area contributed by atoms with E-state index in [1.54, 1.807) is 7.11 Å². The van der Waals surface area contributed by atoms with Gasteiger partial charge in [0.25, 0.3) is 0 Å². The molecule has 1 heterocycles. The SMILES string of the molecule is COc1ccc2c(c1)CCCN2C(=O)C1(N)CCCC1. The Bertz CT molecular complexity index is 521. The summed E-state index contributed by atoms with van der Waals surface area (Å²) in [7, 11) is 1.67. The molecule has 0 aromatic heterocycles. The minimum Gasteiger partial charge on any atom is -0.497 e. The van der Waals surface area contributed by atoms with Gasteiger partial charge in [0, 0.05) is 12.2 Å². The molecule has 2 aliphatic rings. The third kappa shape index (κ3) is 2.18. The fourth-order valence-corrected chi connectivity index (χ4v) is 3.40. The Kier molecular flexibility index (Phi) is 3.42. The zero-order valence-corrected chi connectivity index (χ0v) is 12.0. The summed E-state index contributed by atoms with van der Waals surface area (Å²) in [4.78, 5) is 14.7. The second-order valence-corrected chi connectivity index (χ2v) is 5.92. The van der Waals surface area contributed by atoms with E-state index in [1.807, 2.05) is 23.1 Å². The first-order chi connectivity index (χ1) is 9.64. The van der Waals surface area contributed by atoms with Crippen molar-refractivity contribution >= 4 is 11.6 Å². The van der Waals surface area contributed by atoms with Gasteiger partial charge in [-0.3, -0.25) is 4.79 Å². The summed E-state index contributed by atoms with van der Waals surface area (Å²) in [5, 5.41) is 0. The molecule has 20 heavy (non-hydrogen) atoms. The largest absolute Gasteiger partial charge is 0.497 e. The molecular formula is C16H22N2O2.